The largest absolute Gasteiger partial charge is 0.392 e. The molecule has 0 aliphatic carbocycles. The molecule has 2 rings (SSSR count). The Morgan fingerprint density at radius 3 is 2.68 bits per heavy atom. The number of aliphatic hydroxyl groups excluding tert-OH is 1. The smallest absolute Gasteiger partial charge is 0.244 e. The zero-order valence-corrected chi connectivity index (χ0v) is 12.1. The van der Waals surface area contributed by atoms with Gasteiger partial charge in [0.05, 0.1) is 16.1 Å². The van der Waals surface area contributed by atoms with Gasteiger partial charge in [0.25, 0.3) is 0 Å². The first kappa shape index (κ1) is 15.0. The third kappa shape index (κ3) is 2.87. The van der Waals surface area contributed by atoms with Crippen molar-refractivity contribution in [1.29, 1.82) is 0 Å². The van der Waals surface area contributed by atoms with Crippen molar-refractivity contribution >= 4 is 33.2 Å². The monoisotopic (exact) mass is 327 g/mol. The van der Waals surface area contributed by atoms with Crippen LogP contribution in [0.5, 0.6) is 0 Å². The predicted molar refractivity (Wildman–Crippen MR) is 70.4 cm³/mol. The Bertz CT molecular complexity index is 594. The van der Waals surface area contributed by atoms with Crippen LogP contribution in [-0.4, -0.2) is 37.0 Å². The molecule has 0 saturated carbocycles. The molecule has 1 aliphatic heterocycles. The average molecular weight is 328 g/mol. The van der Waals surface area contributed by atoms with E-state index in [1.165, 1.54) is 6.07 Å². The summed E-state index contributed by atoms with van der Waals surface area (Å²) in [6.45, 7) is 0.267. The van der Waals surface area contributed by atoms with Crippen LogP contribution in [0.3, 0.4) is 0 Å². The molecule has 1 N–H and O–H groups in total. The van der Waals surface area contributed by atoms with Gasteiger partial charge >= 0.3 is 0 Å². The molecule has 1 heterocycles. The highest BCUT2D eigenvalue weighted by Gasteiger charge is 2.32. The van der Waals surface area contributed by atoms with E-state index >= 15 is 0 Å². The van der Waals surface area contributed by atoms with E-state index < -0.39 is 27.0 Å². The van der Waals surface area contributed by atoms with E-state index in [1.807, 2.05) is 0 Å². The Balaban J connectivity index is 2.42. The third-order valence-corrected chi connectivity index (χ3v) is 5.66. The first-order chi connectivity index (χ1) is 8.84. The number of piperidine rings is 1. The molecule has 1 aromatic carbocycles. The van der Waals surface area contributed by atoms with Gasteiger partial charge in [0.15, 0.2) is 5.82 Å². The molecule has 1 fully saturated rings. The lowest BCUT2D eigenvalue weighted by Gasteiger charge is -2.29. The SMILES string of the molecule is O=S(=O)(c1ccc(Cl)c(F)c1Cl)N1CCC[C@H](O)C1. The van der Waals surface area contributed by atoms with Crippen molar-refractivity contribution in [2.45, 2.75) is 23.8 Å². The van der Waals surface area contributed by atoms with E-state index in [0.717, 1.165) is 10.4 Å². The second-order valence-corrected chi connectivity index (χ2v) is 7.02. The number of β-amino-alcohol motifs (C(OH)–C–C–N with tert-alkyl or cyclic N) is 1. The molecule has 0 spiro atoms. The first-order valence-corrected chi connectivity index (χ1v) is 7.85. The molecule has 0 aromatic heterocycles. The highest BCUT2D eigenvalue weighted by Crippen LogP contribution is 2.32. The number of nitrogens with zero attached hydrogens (tertiary/aromatic N) is 1. The lowest BCUT2D eigenvalue weighted by Crippen LogP contribution is -2.42. The molecule has 106 valence electrons. The zero-order valence-electron chi connectivity index (χ0n) is 9.81. The van der Waals surface area contributed by atoms with E-state index in [-0.39, 0.29) is 23.0 Å². The van der Waals surface area contributed by atoms with Gasteiger partial charge < -0.3 is 5.11 Å². The summed E-state index contributed by atoms with van der Waals surface area (Å²) >= 11 is 11.2. The Hall–Kier alpha value is -0.400. The van der Waals surface area contributed by atoms with Gasteiger partial charge in [-0.3, -0.25) is 0 Å². The lowest BCUT2D eigenvalue weighted by molar-refractivity contribution is 0.108. The minimum atomic E-state index is -3.92. The predicted octanol–water partition coefficient (Wildman–Crippen LogP) is 2.28. The molecular weight excluding hydrogens is 316 g/mol. The van der Waals surface area contributed by atoms with E-state index in [0.29, 0.717) is 12.8 Å². The van der Waals surface area contributed by atoms with Crippen LogP contribution in [0.15, 0.2) is 17.0 Å². The molecule has 0 unspecified atom stereocenters. The summed E-state index contributed by atoms with van der Waals surface area (Å²) in [6, 6.07) is 2.32. The van der Waals surface area contributed by atoms with Crippen molar-refractivity contribution in [3.8, 4) is 0 Å². The molecule has 0 bridgehead atoms. The highest BCUT2D eigenvalue weighted by atomic mass is 35.5. The fraction of sp³-hybridized carbons (Fsp3) is 0.455. The summed E-state index contributed by atoms with van der Waals surface area (Å²) in [5.41, 5.74) is 0. The van der Waals surface area contributed by atoms with Crippen LogP contribution >= 0.6 is 23.2 Å². The van der Waals surface area contributed by atoms with E-state index in [1.54, 1.807) is 0 Å². The average Bonchev–Trinajstić information content (AvgIpc) is 2.36. The van der Waals surface area contributed by atoms with Crippen molar-refractivity contribution in [2.75, 3.05) is 13.1 Å². The maximum Gasteiger partial charge on any atom is 0.244 e. The number of aliphatic hydroxyl groups is 1. The number of hydrogen-bond donors (Lipinski definition) is 1. The second kappa shape index (κ2) is 5.54. The molecule has 1 saturated heterocycles. The Morgan fingerprint density at radius 2 is 2.05 bits per heavy atom. The van der Waals surface area contributed by atoms with E-state index in [9.17, 15) is 17.9 Å². The van der Waals surface area contributed by atoms with Crippen LogP contribution < -0.4 is 0 Å². The fourth-order valence-electron chi connectivity index (χ4n) is 1.99. The molecular formula is C11H12Cl2FNO3S. The van der Waals surface area contributed by atoms with Gasteiger partial charge in [-0.2, -0.15) is 4.31 Å². The minimum Gasteiger partial charge on any atom is -0.392 e. The van der Waals surface area contributed by atoms with Crippen LogP contribution in [0, 0.1) is 5.82 Å². The summed E-state index contributed by atoms with van der Waals surface area (Å²) < 4.78 is 39.4. The Morgan fingerprint density at radius 1 is 1.37 bits per heavy atom. The maximum absolute atomic E-state index is 13.6. The van der Waals surface area contributed by atoms with Gasteiger partial charge in [0.2, 0.25) is 10.0 Å². The Kier molecular flexibility index (Phi) is 4.37. The van der Waals surface area contributed by atoms with Gasteiger partial charge in [-0.25, -0.2) is 12.8 Å². The molecule has 1 aromatic rings. The van der Waals surface area contributed by atoms with Gasteiger partial charge in [-0.05, 0) is 25.0 Å². The second-order valence-electron chi connectivity index (χ2n) is 4.33. The van der Waals surface area contributed by atoms with E-state index in [2.05, 4.69) is 0 Å². The summed E-state index contributed by atoms with van der Waals surface area (Å²) in [6.07, 6.45) is 0.391. The number of benzene rings is 1. The minimum absolute atomic E-state index is 0.0110. The number of sulfonamides is 1. The lowest BCUT2D eigenvalue weighted by atomic mass is 10.1. The maximum atomic E-state index is 13.6. The molecule has 8 heteroatoms. The van der Waals surface area contributed by atoms with Crippen molar-refractivity contribution in [1.82, 2.24) is 4.31 Å². The molecule has 19 heavy (non-hydrogen) atoms. The van der Waals surface area contributed by atoms with Crippen LogP contribution in [0.1, 0.15) is 12.8 Å². The van der Waals surface area contributed by atoms with Crippen LogP contribution in [0.2, 0.25) is 10.0 Å². The van der Waals surface area contributed by atoms with Crippen molar-refractivity contribution in [2.24, 2.45) is 0 Å². The fourth-order valence-corrected chi connectivity index (χ4v) is 4.22. The standard InChI is InChI=1S/C11H12Cl2FNO3S/c12-8-3-4-9(10(13)11(8)14)19(17,18)15-5-1-2-7(16)6-15/h3-4,7,16H,1-2,5-6H2/t7-/m0/s1. The molecule has 4 nitrogen and oxygen atoms in total. The van der Waals surface area contributed by atoms with Crippen LogP contribution in [0.4, 0.5) is 4.39 Å². The molecule has 1 atom stereocenters. The quantitative estimate of drug-likeness (QED) is 0.848. The van der Waals surface area contributed by atoms with Gasteiger partial charge in [0.1, 0.15) is 4.90 Å². The van der Waals surface area contributed by atoms with Gasteiger partial charge in [0, 0.05) is 13.1 Å². The summed E-state index contributed by atoms with van der Waals surface area (Å²) in [5, 5.41) is 8.77. The highest BCUT2D eigenvalue weighted by molar-refractivity contribution is 7.89. The number of hydrogen-bond acceptors (Lipinski definition) is 3. The van der Waals surface area contributed by atoms with Crippen molar-refractivity contribution in [3.05, 3.63) is 28.0 Å². The normalized spacial score (nSPS) is 21.6. The molecule has 1 aliphatic rings. The van der Waals surface area contributed by atoms with E-state index in [4.69, 9.17) is 23.2 Å². The zero-order chi connectivity index (χ0) is 14.2. The number of rotatable bonds is 2. The number of halogens is 3. The van der Waals surface area contributed by atoms with Crippen molar-refractivity contribution in [3.63, 3.8) is 0 Å². The first-order valence-electron chi connectivity index (χ1n) is 5.65. The van der Waals surface area contributed by atoms with Crippen molar-refractivity contribution < 1.29 is 17.9 Å². The summed E-state index contributed by atoms with van der Waals surface area (Å²) in [5.74, 6) is -0.957. The van der Waals surface area contributed by atoms with Crippen LogP contribution in [0.25, 0.3) is 0 Å². The summed E-state index contributed by atoms with van der Waals surface area (Å²) in [4.78, 5) is -0.329. The third-order valence-electron chi connectivity index (χ3n) is 2.98. The van der Waals surface area contributed by atoms with Gasteiger partial charge in [-0.1, -0.05) is 23.2 Å². The topological polar surface area (TPSA) is 57.6 Å². The molecule has 0 radical (unpaired) electrons. The van der Waals surface area contributed by atoms with Crippen LogP contribution in [-0.2, 0) is 10.0 Å². The Labute approximate surface area is 120 Å². The van der Waals surface area contributed by atoms with Gasteiger partial charge in [-0.15, -0.1) is 0 Å². The summed E-state index contributed by atoms with van der Waals surface area (Å²) in [7, 11) is -3.92. The molecule has 0 amide bonds.